The second-order valence-corrected chi connectivity index (χ2v) is 16.6. The number of hydrogen-bond donors (Lipinski definition) is 2. The van der Waals surface area contributed by atoms with Crippen molar-refractivity contribution in [1.29, 1.82) is 0 Å². The van der Waals surface area contributed by atoms with Gasteiger partial charge in [0.2, 0.25) is 0 Å². The number of rotatable bonds is 8. The lowest BCUT2D eigenvalue weighted by atomic mass is 10.2. The summed E-state index contributed by atoms with van der Waals surface area (Å²) in [7, 11) is -1.88. The lowest BCUT2D eigenvalue weighted by Gasteiger charge is -2.41. The van der Waals surface area contributed by atoms with Gasteiger partial charge in [-0.3, -0.25) is 4.98 Å². The van der Waals surface area contributed by atoms with E-state index < -0.39 is 31.8 Å². The van der Waals surface area contributed by atoms with Crippen LogP contribution in [0.25, 0.3) is 0 Å². The molecule has 8 heteroatoms. The van der Waals surface area contributed by atoms with Crippen LogP contribution in [-0.2, 0) is 16.0 Å². The van der Waals surface area contributed by atoms with Crippen LogP contribution in [0.3, 0.4) is 0 Å². The molecule has 0 saturated heterocycles. The number of alkyl carbamates (subject to hydrolysis) is 1. The van der Waals surface area contributed by atoms with Crippen LogP contribution in [0.5, 0.6) is 0 Å². The molecule has 6 nitrogen and oxygen atoms in total. The van der Waals surface area contributed by atoms with E-state index in [4.69, 9.17) is 9.72 Å². The molecule has 1 atom stereocenters. The number of nitrogens with one attached hydrogen (secondary N) is 1. The molecule has 0 spiro atoms. The minimum atomic E-state index is -1.88. The fourth-order valence-electron chi connectivity index (χ4n) is 4.19. The van der Waals surface area contributed by atoms with Gasteiger partial charge in [0.25, 0.3) is 0 Å². The Morgan fingerprint density at radius 1 is 1.14 bits per heavy atom. The van der Waals surface area contributed by atoms with Gasteiger partial charge in [-0.05, 0) is 37.4 Å². The molecule has 2 N–H and O–H groups in total. The lowest BCUT2D eigenvalue weighted by Crippen LogP contribution is -2.55. The quantitative estimate of drug-likeness (QED) is 0.593. The molecule has 1 rings (SSSR count). The van der Waals surface area contributed by atoms with Crippen LogP contribution >= 0.6 is 11.3 Å². The summed E-state index contributed by atoms with van der Waals surface area (Å²) in [6.07, 6.45) is 1.26. The Labute approximate surface area is 174 Å². The van der Waals surface area contributed by atoms with E-state index in [0.29, 0.717) is 16.6 Å². The molecule has 0 aliphatic rings. The predicted molar refractivity (Wildman–Crippen MR) is 117 cm³/mol. The number of carboxylic acids is 1. The SMILES string of the molecule is CC(C)[Si](c1ncc(C[C@H](NC(=O)OC(C)(C)C)C(=O)O)s1)(C(C)C)C(C)C. The monoisotopic (exact) mass is 428 g/mol. The predicted octanol–water partition coefficient (Wildman–Crippen LogP) is 4.55. The van der Waals surface area contributed by atoms with Gasteiger partial charge in [-0.25, -0.2) is 9.59 Å². The van der Waals surface area contributed by atoms with Crippen molar-refractivity contribution >= 4 is 36.1 Å². The Hall–Kier alpha value is -1.41. The molecule has 160 valence electrons. The molecule has 28 heavy (non-hydrogen) atoms. The number of aliphatic carboxylic acids is 1. The van der Waals surface area contributed by atoms with Gasteiger partial charge in [0.15, 0.2) is 0 Å². The first-order valence-electron chi connectivity index (χ1n) is 9.89. The minimum absolute atomic E-state index is 0.199. The number of aromatic nitrogens is 1. The number of thiazole rings is 1. The molecule has 1 heterocycles. The Morgan fingerprint density at radius 2 is 1.64 bits per heavy atom. The molecule has 0 aliphatic heterocycles. The van der Waals surface area contributed by atoms with Gasteiger partial charge in [-0.2, -0.15) is 0 Å². The molecular weight excluding hydrogens is 392 g/mol. The summed E-state index contributed by atoms with van der Waals surface area (Å²) in [4.78, 5) is 29.3. The number of ether oxygens (including phenoxy) is 1. The largest absolute Gasteiger partial charge is 0.480 e. The van der Waals surface area contributed by atoms with Crippen LogP contribution in [0.15, 0.2) is 6.20 Å². The van der Waals surface area contributed by atoms with Crippen LogP contribution in [0, 0.1) is 0 Å². The van der Waals surface area contributed by atoms with E-state index in [9.17, 15) is 14.7 Å². The summed E-state index contributed by atoms with van der Waals surface area (Å²) in [6.45, 7) is 18.9. The molecule has 0 aliphatic carbocycles. The molecular formula is C20H36N2O4SSi. The van der Waals surface area contributed by atoms with Crippen LogP contribution < -0.4 is 9.95 Å². The first-order valence-corrected chi connectivity index (χ1v) is 12.9. The van der Waals surface area contributed by atoms with Gasteiger partial charge >= 0.3 is 12.1 Å². The number of nitrogens with zero attached hydrogens (tertiary/aromatic N) is 1. The lowest BCUT2D eigenvalue weighted by molar-refractivity contribution is -0.139. The van der Waals surface area contributed by atoms with Gasteiger partial charge < -0.3 is 15.2 Å². The van der Waals surface area contributed by atoms with E-state index >= 15 is 0 Å². The average Bonchev–Trinajstić information content (AvgIpc) is 2.92. The van der Waals surface area contributed by atoms with Gasteiger partial charge in [-0.1, -0.05) is 41.5 Å². The van der Waals surface area contributed by atoms with Crippen molar-refractivity contribution in [3.8, 4) is 0 Å². The summed E-state index contributed by atoms with van der Waals surface area (Å²) >= 11 is 1.61. The third kappa shape index (κ3) is 5.79. The molecule has 0 saturated carbocycles. The fraction of sp³-hybridized carbons (Fsp3) is 0.750. The van der Waals surface area contributed by atoms with Gasteiger partial charge in [-0.15, -0.1) is 11.3 Å². The minimum Gasteiger partial charge on any atom is -0.480 e. The smallest absolute Gasteiger partial charge is 0.408 e. The highest BCUT2D eigenvalue weighted by Gasteiger charge is 2.47. The fourth-order valence-corrected chi connectivity index (χ4v) is 13.9. The van der Waals surface area contributed by atoms with Crippen LogP contribution in [0.4, 0.5) is 4.79 Å². The number of amides is 1. The van der Waals surface area contributed by atoms with Crippen LogP contribution in [0.2, 0.25) is 16.6 Å². The van der Waals surface area contributed by atoms with E-state index in [2.05, 4.69) is 46.9 Å². The number of hydrogen-bond acceptors (Lipinski definition) is 5. The maximum Gasteiger partial charge on any atom is 0.408 e. The van der Waals surface area contributed by atoms with Crippen molar-refractivity contribution < 1.29 is 19.4 Å². The van der Waals surface area contributed by atoms with Gasteiger partial charge in [0.05, 0.1) is 4.63 Å². The summed E-state index contributed by atoms with van der Waals surface area (Å²) in [5.74, 6) is -1.08. The highest BCUT2D eigenvalue weighted by molar-refractivity contribution is 7.27. The standard InChI is InChI=1S/C20H36N2O4SSi/c1-12(2)28(13(3)4,14(5)6)19-21-11-15(27-19)10-16(17(23)24)22-18(25)26-20(7,8)9/h11-14,16H,10H2,1-9H3,(H,22,25)(H,23,24)/t16-/m0/s1. The molecule has 1 aromatic rings. The zero-order chi connectivity index (χ0) is 21.9. The molecule has 1 amide bonds. The number of carbonyl (C=O) groups excluding carboxylic acids is 1. The summed E-state index contributed by atoms with van der Waals surface area (Å²) in [6, 6.07) is -1.05. The summed E-state index contributed by atoms with van der Waals surface area (Å²) in [5.41, 5.74) is 0.909. The number of carboxylic acid groups (broad SMARTS) is 1. The average molecular weight is 429 g/mol. The van der Waals surface area contributed by atoms with Crippen molar-refractivity contribution in [2.24, 2.45) is 0 Å². The topological polar surface area (TPSA) is 88.5 Å². The highest BCUT2D eigenvalue weighted by Crippen LogP contribution is 2.41. The Morgan fingerprint density at radius 3 is 2.04 bits per heavy atom. The van der Waals surface area contributed by atoms with Gasteiger partial charge in [0, 0.05) is 17.5 Å². The van der Waals surface area contributed by atoms with Crippen LogP contribution in [-0.4, -0.2) is 41.9 Å². The van der Waals surface area contributed by atoms with E-state index in [-0.39, 0.29) is 6.42 Å². The summed E-state index contributed by atoms with van der Waals surface area (Å²) in [5, 5.41) is 12.0. The van der Waals surface area contributed by atoms with Crippen molar-refractivity contribution in [3.05, 3.63) is 11.1 Å². The zero-order valence-electron chi connectivity index (χ0n) is 18.6. The molecule has 0 fully saturated rings. The Balaban J connectivity index is 3.08. The van der Waals surface area contributed by atoms with E-state index in [1.807, 2.05) is 0 Å². The second kappa shape index (κ2) is 9.39. The first-order chi connectivity index (χ1) is 12.7. The molecule has 0 unspecified atom stereocenters. The van der Waals surface area contributed by atoms with Gasteiger partial charge in [0.1, 0.15) is 19.7 Å². The highest BCUT2D eigenvalue weighted by atomic mass is 32.1. The maximum atomic E-state index is 12.0. The maximum absolute atomic E-state index is 12.0. The van der Waals surface area contributed by atoms with E-state index in [1.54, 1.807) is 38.3 Å². The number of carbonyl (C=O) groups is 2. The second-order valence-electron chi connectivity index (χ2n) is 9.27. The molecule has 0 radical (unpaired) electrons. The van der Waals surface area contributed by atoms with E-state index in [1.165, 1.54) is 4.63 Å². The van der Waals surface area contributed by atoms with Crippen LogP contribution in [0.1, 0.15) is 67.2 Å². The van der Waals surface area contributed by atoms with Crippen molar-refractivity contribution in [3.63, 3.8) is 0 Å². The molecule has 0 bridgehead atoms. The molecule has 1 aromatic heterocycles. The Bertz CT molecular complexity index is 658. The third-order valence-electron chi connectivity index (χ3n) is 5.18. The zero-order valence-corrected chi connectivity index (χ0v) is 20.4. The van der Waals surface area contributed by atoms with Crippen molar-refractivity contribution in [1.82, 2.24) is 10.3 Å². The summed E-state index contributed by atoms with van der Waals surface area (Å²) < 4.78 is 6.36. The van der Waals surface area contributed by atoms with Crippen molar-refractivity contribution in [2.75, 3.05) is 0 Å². The first kappa shape index (κ1) is 24.6. The van der Waals surface area contributed by atoms with E-state index in [0.717, 1.165) is 4.88 Å². The normalized spacial score (nSPS) is 13.9. The van der Waals surface area contributed by atoms with Crippen molar-refractivity contribution in [2.45, 2.75) is 97.0 Å². The molecule has 0 aromatic carbocycles. The Kier molecular flexibility index (Phi) is 8.26. The third-order valence-corrected chi connectivity index (χ3v) is 14.0.